The SMILES string of the molecule is O=c1nnc2ccccc2cc1S(=O)O. The summed E-state index contributed by atoms with van der Waals surface area (Å²) >= 11 is -2.34. The van der Waals surface area contributed by atoms with Gasteiger partial charge in [0, 0.05) is 5.39 Å². The molecule has 1 atom stereocenters. The highest BCUT2D eigenvalue weighted by atomic mass is 32.2. The monoisotopic (exact) mass is 222 g/mol. The van der Waals surface area contributed by atoms with Crippen molar-refractivity contribution in [3.8, 4) is 0 Å². The number of nitrogens with zero attached hydrogens (tertiary/aromatic N) is 2. The van der Waals surface area contributed by atoms with Gasteiger partial charge in [0.25, 0.3) is 0 Å². The van der Waals surface area contributed by atoms with Crippen LogP contribution in [0.3, 0.4) is 0 Å². The molecule has 0 aliphatic rings. The fourth-order valence-corrected chi connectivity index (χ4v) is 1.60. The molecule has 1 unspecified atom stereocenters. The minimum atomic E-state index is -2.34. The third kappa shape index (κ3) is 1.90. The van der Waals surface area contributed by atoms with E-state index in [0.29, 0.717) is 10.9 Å². The van der Waals surface area contributed by atoms with Gasteiger partial charge in [-0.25, -0.2) is 4.21 Å². The van der Waals surface area contributed by atoms with Crippen LogP contribution in [0, 0.1) is 0 Å². The van der Waals surface area contributed by atoms with Crippen LogP contribution in [0.1, 0.15) is 0 Å². The van der Waals surface area contributed by atoms with Crippen LogP contribution < -0.4 is 5.56 Å². The zero-order valence-electron chi connectivity index (χ0n) is 7.45. The van der Waals surface area contributed by atoms with Gasteiger partial charge in [0.2, 0.25) is 0 Å². The minimum Gasteiger partial charge on any atom is -0.302 e. The molecule has 2 rings (SSSR count). The fourth-order valence-electron chi connectivity index (χ4n) is 1.18. The molecule has 0 aliphatic heterocycles. The smallest absolute Gasteiger partial charge is 0.302 e. The molecule has 5 nitrogen and oxygen atoms in total. The largest absolute Gasteiger partial charge is 0.306 e. The first-order valence-electron chi connectivity index (χ1n) is 4.06. The van der Waals surface area contributed by atoms with Gasteiger partial charge in [-0.05, 0) is 12.1 Å². The van der Waals surface area contributed by atoms with Crippen molar-refractivity contribution in [1.29, 1.82) is 0 Å². The normalized spacial score (nSPS) is 12.6. The summed E-state index contributed by atoms with van der Waals surface area (Å²) < 4.78 is 19.7. The maximum atomic E-state index is 11.2. The van der Waals surface area contributed by atoms with E-state index < -0.39 is 16.6 Å². The summed E-state index contributed by atoms with van der Waals surface area (Å²) in [4.78, 5) is 11.0. The van der Waals surface area contributed by atoms with E-state index in [4.69, 9.17) is 4.55 Å². The minimum absolute atomic E-state index is 0.260. The molecule has 76 valence electrons. The molecule has 0 saturated carbocycles. The van der Waals surface area contributed by atoms with Crippen molar-refractivity contribution in [3.05, 3.63) is 40.7 Å². The van der Waals surface area contributed by atoms with Crippen molar-refractivity contribution in [3.63, 3.8) is 0 Å². The number of fused-ring (bicyclic) bond motifs is 1. The molecule has 15 heavy (non-hydrogen) atoms. The molecule has 1 heterocycles. The molecule has 6 heteroatoms. The van der Waals surface area contributed by atoms with Crippen LogP contribution in [0.4, 0.5) is 0 Å². The Morgan fingerprint density at radius 2 is 1.93 bits per heavy atom. The van der Waals surface area contributed by atoms with Crippen LogP contribution in [-0.4, -0.2) is 19.0 Å². The number of rotatable bonds is 1. The Hall–Kier alpha value is -1.66. The molecular formula is C9H6N2O3S. The van der Waals surface area contributed by atoms with E-state index in [-0.39, 0.29) is 4.90 Å². The quantitative estimate of drug-likeness (QED) is 0.713. The van der Waals surface area contributed by atoms with Crippen molar-refractivity contribution in [1.82, 2.24) is 10.2 Å². The molecule has 0 fully saturated rings. The lowest BCUT2D eigenvalue weighted by molar-refractivity contribution is 0.563. The van der Waals surface area contributed by atoms with Gasteiger partial charge in [-0.2, -0.15) is 0 Å². The van der Waals surface area contributed by atoms with E-state index in [1.807, 2.05) is 0 Å². The van der Waals surface area contributed by atoms with Crippen molar-refractivity contribution < 1.29 is 8.76 Å². The van der Waals surface area contributed by atoms with Crippen LogP contribution >= 0.6 is 0 Å². The second-order valence-corrected chi connectivity index (χ2v) is 3.76. The second kappa shape index (κ2) is 3.84. The van der Waals surface area contributed by atoms with E-state index in [2.05, 4.69) is 10.2 Å². The molecule has 0 amide bonds. The van der Waals surface area contributed by atoms with E-state index >= 15 is 0 Å². The molecule has 0 saturated heterocycles. The first-order valence-corrected chi connectivity index (χ1v) is 5.17. The average molecular weight is 222 g/mol. The summed E-state index contributed by atoms with van der Waals surface area (Å²) in [6, 6.07) is 8.19. The standard InChI is InChI=1S/C9H6N2O3S/c12-9-8(15(13)14)5-6-3-1-2-4-7(6)10-11-9/h1-5H,(H,13,14). The molecule has 1 N–H and O–H groups in total. The van der Waals surface area contributed by atoms with Crippen LogP contribution in [0.5, 0.6) is 0 Å². The molecule has 0 aliphatic carbocycles. The maximum absolute atomic E-state index is 11.2. The zero-order valence-corrected chi connectivity index (χ0v) is 8.27. The summed E-state index contributed by atoms with van der Waals surface area (Å²) in [5, 5.41) is 7.61. The van der Waals surface area contributed by atoms with Gasteiger partial charge in [0.1, 0.15) is 4.90 Å². The molecule has 0 bridgehead atoms. The third-order valence-electron chi connectivity index (χ3n) is 1.87. The van der Waals surface area contributed by atoms with E-state index in [1.165, 1.54) is 6.07 Å². The van der Waals surface area contributed by atoms with Crippen molar-refractivity contribution >= 4 is 22.0 Å². The predicted octanol–water partition coefficient (Wildman–Crippen LogP) is 0.571. The van der Waals surface area contributed by atoms with Crippen LogP contribution in [0.25, 0.3) is 10.9 Å². The Kier molecular flexibility index (Phi) is 2.53. The number of aromatic nitrogens is 2. The Labute approximate surface area is 87.1 Å². The highest BCUT2D eigenvalue weighted by Gasteiger charge is 2.06. The fraction of sp³-hybridized carbons (Fsp3) is 0. The van der Waals surface area contributed by atoms with Gasteiger partial charge in [-0.3, -0.25) is 4.79 Å². The van der Waals surface area contributed by atoms with Crippen LogP contribution in [0.2, 0.25) is 0 Å². The van der Waals surface area contributed by atoms with Crippen LogP contribution in [-0.2, 0) is 11.1 Å². The van der Waals surface area contributed by atoms with E-state index in [0.717, 1.165) is 0 Å². The van der Waals surface area contributed by atoms with Crippen molar-refractivity contribution in [2.45, 2.75) is 4.90 Å². The number of benzene rings is 1. The van der Waals surface area contributed by atoms with Gasteiger partial charge >= 0.3 is 5.56 Å². The number of hydrogen-bond acceptors (Lipinski definition) is 4. The Balaban J connectivity index is 2.91. The zero-order chi connectivity index (χ0) is 10.8. The lowest BCUT2D eigenvalue weighted by Gasteiger charge is -1.88. The maximum Gasteiger partial charge on any atom is 0.306 e. The molecule has 0 spiro atoms. The lowest BCUT2D eigenvalue weighted by Crippen LogP contribution is -2.10. The number of hydrogen-bond donors (Lipinski definition) is 1. The van der Waals surface area contributed by atoms with Crippen molar-refractivity contribution in [2.75, 3.05) is 0 Å². The highest BCUT2D eigenvalue weighted by Crippen LogP contribution is 2.09. The predicted molar refractivity (Wildman–Crippen MR) is 54.8 cm³/mol. The molecular weight excluding hydrogens is 216 g/mol. The van der Waals surface area contributed by atoms with Gasteiger partial charge in [-0.1, -0.05) is 18.2 Å². The summed E-state index contributed by atoms with van der Waals surface area (Å²) in [5.74, 6) is 0. The lowest BCUT2D eigenvalue weighted by atomic mass is 10.2. The first kappa shape index (κ1) is 9.88. The molecule has 2 aromatic rings. The summed E-state index contributed by atoms with van der Waals surface area (Å²) in [7, 11) is 0. The van der Waals surface area contributed by atoms with Crippen molar-refractivity contribution in [2.24, 2.45) is 0 Å². The van der Waals surface area contributed by atoms with Gasteiger partial charge < -0.3 is 4.55 Å². The van der Waals surface area contributed by atoms with Gasteiger partial charge in [0.05, 0.1) is 5.52 Å². The van der Waals surface area contributed by atoms with Gasteiger partial charge in [0.15, 0.2) is 11.1 Å². The summed E-state index contributed by atoms with van der Waals surface area (Å²) in [6.07, 6.45) is 0. The molecule has 1 aromatic carbocycles. The average Bonchev–Trinajstić information content (AvgIpc) is 2.39. The van der Waals surface area contributed by atoms with Gasteiger partial charge in [-0.15, -0.1) is 10.2 Å². The van der Waals surface area contributed by atoms with Crippen LogP contribution in [0.15, 0.2) is 40.0 Å². The highest BCUT2D eigenvalue weighted by molar-refractivity contribution is 7.79. The topological polar surface area (TPSA) is 80.2 Å². The third-order valence-corrected chi connectivity index (χ3v) is 2.54. The van der Waals surface area contributed by atoms with E-state index in [9.17, 15) is 9.00 Å². The molecule has 0 radical (unpaired) electrons. The first-order chi connectivity index (χ1) is 7.18. The summed E-state index contributed by atoms with van der Waals surface area (Å²) in [5.41, 5.74) is -0.279. The Morgan fingerprint density at radius 1 is 1.20 bits per heavy atom. The Bertz CT molecular complexity index is 600. The molecule has 1 aromatic heterocycles. The summed E-state index contributed by atoms with van der Waals surface area (Å²) in [6.45, 7) is 0. The Morgan fingerprint density at radius 3 is 2.67 bits per heavy atom. The van der Waals surface area contributed by atoms with E-state index in [1.54, 1.807) is 24.3 Å². The second-order valence-electron chi connectivity index (χ2n) is 2.82.